The highest BCUT2D eigenvalue weighted by atomic mass is 16.5. The minimum atomic E-state index is -0.498. The molecule has 1 amide bonds. The second-order valence-corrected chi connectivity index (χ2v) is 6.27. The number of benzene rings is 1. The lowest BCUT2D eigenvalue weighted by atomic mass is 10.0. The maximum absolute atomic E-state index is 12.7. The summed E-state index contributed by atoms with van der Waals surface area (Å²) in [6, 6.07) is 10.9. The van der Waals surface area contributed by atoms with E-state index in [1.165, 1.54) is 0 Å². The van der Waals surface area contributed by atoms with E-state index in [1.807, 2.05) is 24.3 Å². The van der Waals surface area contributed by atoms with Gasteiger partial charge >= 0.3 is 0 Å². The fourth-order valence-corrected chi connectivity index (χ4v) is 3.26. The molecule has 1 unspecified atom stereocenters. The monoisotopic (exact) mass is 350 g/mol. The molecular weight excluding hydrogens is 332 g/mol. The van der Waals surface area contributed by atoms with Crippen molar-refractivity contribution < 1.29 is 14.3 Å². The van der Waals surface area contributed by atoms with E-state index >= 15 is 0 Å². The standard InChI is InChI=1S/C19H18N4O3/c24-18(15-11-20-16-7-2-1-6-14(15)16)19(25)23-10-4-5-13(12-23)26-17-8-3-9-21-22-17/h1-3,6-9,11,13,20H,4-5,10,12H2. The normalized spacial score (nSPS) is 17.2. The number of ether oxygens (including phenoxy) is 1. The quantitative estimate of drug-likeness (QED) is 0.576. The third kappa shape index (κ3) is 3.15. The number of carbonyl (C=O) groups excluding carboxylic acids is 2. The Morgan fingerprint density at radius 1 is 1.19 bits per heavy atom. The summed E-state index contributed by atoms with van der Waals surface area (Å²) in [5, 5.41) is 8.45. The number of rotatable bonds is 4. The minimum absolute atomic E-state index is 0.194. The van der Waals surface area contributed by atoms with Crippen LogP contribution >= 0.6 is 0 Å². The van der Waals surface area contributed by atoms with Gasteiger partial charge in [0.25, 0.3) is 11.7 Å². The Balaban J connectivity index is 1.48. The number of para-hydroxylation sites is 1. The van der Waals surface area contributed by atoms with Gasteiger partial charge in [0.1, 0.15) is 6.10 Å². The van der Waals surface area contributed by atoms with Gasteiger partial charge < -0.3 is 14.6 Å². The Bertz CT molecular complexity index is 938. The number of aromatic nitrogens is 3. The summed E-state index contributed by atoms with van der Waals surface area (Å²) in [6.07, 6.45) is 4.56. The Hall–Kier alpha value is -3.22. The first-order valence-corrected chi connectivity index (χ1v) is 8.56. The molecule has 0 spiro atoms. The molecule has 132 valence electrons. The van der Waals surface area contributed by atoms with Gasteiger partial charge in [-0.05, 0) is 25.0 Å². The molecule has 0 radical (unpaired) electrons. The number of H-pyrrole nitrogens is 1. The number of fused-ring (bicyclic) bond motifs is 1. The van der Waals surface area contributed by atoms with Gasteiger partial charge in [-0.15, -0.1) is 5.10 Å². The van der Waals surface area contributed by atoms with Crippen molar-refractivity contribution in [3.8, 4) is 5.88 Å². The summed E-state index contributed by atoms with van der Waals surface area (Å²) >= 11 is 0. The van der Waals surface area contributed by atoms with Crippen LogP contribution in [0.15, 0.2) is 48.8 Å². The van der Waals surface area contributed by atoms with Crippen LogP contribution in [-0.4, -0.2) is 51.0 Å². The van der Waals surface area contributed by atoms with Crippen LogP contribution in [0.4, 0.5) is 0 Å². The molecule has 1 aliphatic rings. The highest BCUT2D eigenvalue weighted by Gasteiger charge is 2.30. The second kappa shape index (κ2) is 6.95. The van der Waals surface area contributed by atoms with E-state index in [0.29, 0.717) is 24.5 Å². The highest BCUT2D eigenvalue weighted by molar-refractivity contribution is 6.44. The molecule has 1 saturated heterocycles. The Labute approximate surface area is 150 Å². The molecule has 26 heavy (non-hydrogen) atoms. The molecule has 1 aliphatic heterocycles. The van der Waals surface area contributed by atoms with Crippen LogP contribution in [0.1, 0.15) is 23.2 Å². The molecule has 0 aliphatic carbocycles. The third-order valence-corrected chi connectivity index (χ3v) is 4.53. The fraction of sp³-hybridized carbons (Fsp3) is 0.263. The van der Waals surface area contributed by atoms with Crippen molar-refractivity contribution in [1.82, 2.24) is 20.1 Å². The van der Waals surface area contributed by atoms with Gasteiger partial charge in [-0.25, -0.2) is 0 Å². The molecule has 1 fully saturated rings. The number of hydrogen-bond donors (Lipinski definition) is 1. The van der Waals surface area contributed by atoms with E-state index in [-0.39, 0.29) is 6.10 Å². The van der Waals surface area contributed by atoms with E-state index in [4.69, 9.17) is 4.74 Å². The summed E-state index contributed by atoms with van der Waals surface area (Å²) in [5.41, 5.74) is 1.24. The van der Waals surface area contributed by atoms with Crippen LogP contribution < -0.4 is 4.74 Å². The topological polar surface area (TPSA) is 88.2 Å². The van der Waals surface area contributed by atoms with Crippen molar-refractivity contribution in [2.24, 2.45) is 0 Å². The second-order valence-electron chi connectivity index (χ2n) is 6.27. The maximum Gasteiger partial charge on any atom is 0.295 e. The number of aromatic amines is 1. The predicted octanol–water partition coefficient (Wildman–Crippen LogP) is 2.21. The van der Waals surface area contributed by atoms with E-state index in [9.17, 15) is 9.59 Å². The number of carbonyl (C=O) groups is 2. The number of hydrogen-bond acceptors (Lipinski definition) is 5. The zero-order valence-electron chi connectivity index (χ0n) is 14.1. The summed E-state index contributed by atoms with van der Waals surface area (Å²) in [4.78, 5) is 30.0. The largest absolute Gasteiger partial charge is 0.471 e. The van der Waals surface area contributed by atoms with Gasteiger partial charge in [-0.3, -0.25) is 9.59 Å². The van der Waals surface area contributed by atoms with Crippen molar-refractivity contribution in [3.63, 3.8) is 0 Å². The SMILES string of the molecule is O=C(C(=O)N1CCCC(Oc2cccnn2)C1)c1c[nH]c2ccccc12. The molecule has 3 aromatic rings. The number of Topliss-reactive ketones (excluding diaryl/α,β-unsaturated/α-hetero) is 1. The van der Waals surface area contributed by atoms with Crippen LogP contribution in [0.2, 0.25) is 0 Å². The van der Waals surface area contributed by atoms with E-state index < -0.39 is 11.7 Å². The van der Waals surface area contributed by atoms with Gasteiger partial charge in [-0.2, -0.15) is 5.10 Å². The minimum Gasteiger partial charge on any atom is -0.471 e. The summed E-state index contributed by atoms with van der Waals surface area (Å²) in [5.74, 6) is -0.570. The van der Waals surface area contributed by atoms with Crippen LogP contribution in [0.25, 0.3) is 10.9 Å². The van der Waals surface area contributed by atoms with E-state index in [1.54, 1.807) is 29.4 Å². The number of amides is 1. The van der Waals surface area contributed by atoms with Crippen LogP contribution in [-0.2, 0) is 4.79 Å². The lowest BCUT2D eigenvalue weighted by Gasteiger charge is -2.32. The van der Waals surface area contributed by atoms with E-state index in [0.717, 1.165) is 23.7 Å². The molecule has 1 aromatic carbocycles. The van der Waals surface area contributed by atoms with Crippen molar-refractivity contribution >= 4 is 22.6 Å². The summed E-state index contributed by atoms with van der Waals surface area (Å²) in [6.45, 7) is 0.913. The third-order valence-electron chi connectivity index (χ3n) is 4.53. The first-order valence-electron chi connectivity index (χ1n) is 8.56. The van der Waals surface area contributed by atoms with Gasteiger partial charge in [0.15, 0.2) is 0 Å². The lowest BCUT2D eigenvalue weighted by Crippen LogP contribution is -2.47. The van der Waals surface area contributed by atoms with Gasteiger partial charge in [0.05, 0.1) is 12.1 Å². The molecule has 4 rings (SSSR count). The molecular formula is C19H18N4O3. The Morgan fingerprint density at radius 2 is 2.08 bits per heavy atom. The van der Waals surface area contributed by atoms with Crippen LogP contribution in [0, 0.1) is 0 Å². The molecule has 3 heterocycles. The first kappa shape index (κ1) is 16.3. The zero-order valence-corrected chi connectivity index (χ0v) is 14.1. The molecule has 1 atom stereocenters. The van der Waals surface area contributed by atoms with Crippen LogP contribution in [0.5, 0.6) is 5.88 Å². The van der Waals surface area contributed by atoms with Gasteiger partial charge in [-0.1, -0.05) is 18.2 Å². The van der Waals surface area contributed by atoms with Crippen molar-refractivity contribution in [1.29, 1.82) is 0 Å². The predicted molar refractivity (Wildman–Crippen MR) is 94.9 cm³/mol. The number of piperidine rings is 1. The van der Waals surface area contributed by atoms with Gasteiger partial charge in [0.2, 0.25) is 5.88 Å². The van der Waals surface area contributed by atoms with Crippen LogP contribution in [0.3, 0.4) is 0 Å². The maximum atomic E-state index is 12.7. The number of nitrogens with zero attached hydrogens (tertiary/aromatic N) is 3. The number of nitrogens with one attached hydrogen (secondary N) is 1. The molecule has 2 aromatic heterocycles. The average molecular weight is 350 g/mol. The van der Waals surface area contributed by atoms with Crippen molar-refractivity contribution in [3.05, 3.63) is 54.4 Å². The van der Waals surface area contributed by atoms with Gasteiger partial charge in [0, 0.05) is 35.9 Å². The Morgan fingerprint density at radius 3 is 2.92 bits per heavy atom. The summed E-state index contributed by atoms with van der Waals surface area (Å²) in [7, 11) is 0. The molecule has 0 bridgehead atoms. The molecule has 7 heteroatoms. The first-order chi connectivity index (χ1) is 12.7. The molecule has 7 nitrogen and oxygen atoms in total. The molecule has 0 saturated carbocycles. The van der Waals surface area contributed by atoms with Crippen molar-refractivity contribution in [2.75, 3.05) is 13.1 Å². The van der Waals surface area contributed by atoms with E-state index in [2.05, 4.69) is 15.2 Å². The highest BCUT2D eigenvalue weighted by Crippen LogP contribution is 2.21. The number of likely N-dealkylation sites (tertiary alicyclic amines) is 1. The number of ketones is 1. The fourth-order valence-electron chi connectivity index (χ4n) is 3.26. The zero-order chi connectivity index (χ0) is 17.9. The lowest BCUT2D eigenvalue weighted by molar-refractivity contribution is -0.129. The summed E-state index contributed by atoms with van der Waals surface area (Å²) < 4.78 is 5.79. The molecule has 1 N–H and O–H groups in total. The van der Waals surface area contributed by atoms with Crippen molar-refractivity contribution in [2.45, 2.75) is 18.9 Å². The average Bonchev–Trinajstić information content (AvgIpc) is 3.12. The Kier molecular flexibility index (Phi) is 4.35. The smallest absolute Gasteiger partial charge is 0.295 e.